The van der Waals surface area contributed by atoms with Crippen LogP contribution in [0.4, 0.5) is 0 Å². The Hall–Kier alpha value is -3.20. The van der Waals surface area contributed by atoms with Gasteiger partial charge in [0.15, 0.2) is 0 Å². The van der Waals surface area contributed by atoms with Crippen molar-refractivity contribution in [3.05, 3.63) is 90.3 Å². The standard InChI is InChI=1S/C31H42N6O2/c1-3-24(2)20-36(21-26-11-5-8-14-33-26)29-16-28(35-19-25-10-4-7-13-32-25)17-30(18-29)37(23-31(38)39)22-27-12-6-9-15-34-27/h4-15,24,28-30,35H,3,16-23H2,1-2H3,(H,38,39). The molecule has 1 saturated carbocycles. The van der Waals surface area contributed by atoms with Crippen molar-refractivity contribution in [3.8, 4) is 0 Å². The summed E-state index contributed by atoms with van der Waals surface area (Å²) in [6.45, 7) is 7.52. The fraction of sp³-hybridized carbons (Fsp3) is 0.484. The molecule has 0 amide bonds. The zero-order valence-electron chi connectivity index (χ0n) is 23.2. The van der Waals surface area contributed by atoms with Gasteiger partial charge in [0.2, 0.25) is 0 Å². The van der Waals surface area contributed by atoms with Crippen LogP contribution in [-0.2, 0) is 24.4 Å². The number of nitrogens with zero attached hydrogens (tertiary/aromatic N) is 5. The van der Waals surface area contributed by atoms with E-state index in [4.69, 9.17) is 0 Å². The van der Waals surface area contributed by atoms with Gasteiger partial charge in [0, 0.05) is 62.9 Å². The molecule has 0 aliphatic heterocycles. The molecule has 8 heteroatoms. The van der Waals surface area contributed by atoms with Crippen LogP contribution in [0.15, 0.2) is 73.2 Å². The molecule has 4 atom stereocenters. The number of nitrogens with one attached hydrogen (secondary N) is 1. The SMILES string of the molecule is CCC(C)CN(Cc1ccccn1)C1CC(NCc2ccccn2)CC(N(CC(=O)O)Cc2ccccn2)C1. The normalized spacial score (nSPS) is 20.3. The molecule has 0 aromatic carbocycles. The first kappa shape index (κ1) is 28.8. The van der Waals surface area contributed by atoms with Gasteiger partial charge in [-0.25, -0.2) is 0 Å². The van der Waals surface area contributed by atoms with Crippen LogP contribution in [0.1, 0.15) is 56.6 Å². The Kier molecular flexibility index (Phi) is 10.9. The molecule has 3 heterocycles. The van der Waals surface area contributed by atoms with E-state index in [0.717, 1.165) is 55.9 Å². The molecular formula is C31H42N6O2. The van der Waals surface area contributed by atoms with Crippen molar-refractivity contribution in [1.29, 1.82) is 0 Å². The highest BCUT2D eigenvalue weighted by Gasteiger charge is 2.36. The highest BCUT2D eigenvalue weighted by Crippen LogP contribution is 2.30. The van der Waals surface area contributed by atoms with Crippen LogP contribution in [0.3, 0.4) is 0 Å². The molecule has 0 saturated heterocycles. The minimum Gasteiger partial charge on any atom is -0.480 e. The molecule has 4 unspecified atom stereocenters. The van der Waals surface area contributed by atoms with E-state index in [1.165, 1.54) is 0 Å². The largest absolute Gasteiger partial charge is 0.480 e. The number of aromatic nitrogens is 3. The fourth-order valence-corrected chi connectivity index (χ4v) is 5.53. The highest BCUT2D eigenvalue weighted by atomic mass is 16.4. The topological polar surface area (TPSA) is 94.5 Å². The Morgan fingerprint density at radius 2 is 1.41 bits per heavy atom. The summed E-state index contributed by atoms with van der Waals surface area (Å²) < 4.78 is 0. The van der Waals surface area contributed by atoms with Crippen LogP contribution in [0, 0.1) is 5.92 Å². The van der Waals surface area contributed by atoms with E-state index >= 15 is 0 Å². The van der Waals surface area contributed by atoms with Crippen molar-refractivity contribution in [3.63, 3.8) is 0 Å². The Labute approximate surface area is 232 Å². The number of carboxylic acid groups (broad SMARTS) is 1. The van der Waals surface area contributed by atoms with Gasteiger partial charge in [0.05, 0.1) is 23.6 Å². The number of carboxylic acids is 1. The van der Waals surface area contributed by atoms with Gasteiger partial charge in [-0.2, -0.15) is 0 Å². The first-order valence-electron chi connectivity index (χ1n) is 14.1. The molecular weight excluding hydrogens is 488 g/mol. The van der Waals surface area contributed by atoms with Crippen LogP contribution in [-0.4, -0.2) is 67.0 Å². The quantitative estimate of drug-likeness (QED) is 0.317. The number of hydrogen-bond acceptors (Lipinski definition) is 7. The molecule has 0 spiro atoms. The number of pyridine rings is 3. The van der Waals surface area contributed by atoms with Crippen LogP contribution >= 0.6 is 0 Å². The zero-order chi connectivity index (χ0) is 27.5. The first-order chi connectivity index (χ1) is 19.0. The van der Waals surface area contributed by atoms with E-state index < -0.39 is 5.97 Å². The molecule has 0 bridgehead atoms. The van der Waals surface area contributed by atoms with Gasteiger partial charge in [-0.1, -0.05) is 38.5 Å². The summed E-state index contributed by atoms with van der Waals surface area (Å²) in [5, 5.41) is 13.6. The summed E-state index contributed by atoms with van der Waals surface area (Å²) in [5.41, 5.74) is 2.97. The van der Waals surface area contributed by atoms with Gasteiger partial charge >= 0.3 is 5.97 Å². The van der Waals surface area contributed by atoms with E-state index in [0.29, 0.717) is 25.0 Å². The predicted molar refractivity (Wildman–Crippen MR) is 153 cm³/mol. The Balaban J connectivity index is 1.59. The van der Waals surface area contributed by atoms with Gasteiger partial charge in [-0.15, -0.1) is 0 Å². The maximum absolute atomic E-state index is 12.0. The van der Waals surface area contributed by atoms with Gasteiger partial charge in [0.25, 0.3) is 0 Å². The summed E-state index contributed by atoms with van der Waals surface area (Å²) in [4.78, 5) is 30.3. The molecule has 1 fully saturated rings. The summed E-state index contributed by atoms with van der Waals surface area (Å²) in [6, 6.07) is 18.5. The van der Waals surface area contributed by atoms with Gasteiger partial charge in [-0.3, -0.25) is 29.5 Å². The minimum atomic E-state index is -0.809. The average molecular weight is 531 g/mol. The molecule has 1 aliphatic carbocycles. The summed E-state index contributed by atoms with van der Waals surface area (Å²) >= 11 is 0. The van der Waals surface area contributed by atoms with Crippen molar-refractivity contribution in [2.75, 3.05) is 13.1 Å². The van der Waals surface area contributed by atoms with E-state index in [2.05, 4.69) is 50.0 Å². The van der Waals surface area contributed by atoms with E-state index in [1.807, 2.05) is 60.9 Å². The second kappa shape index (κ2) is 14.8. The lowest BCUT2D eigenvalue weighted by molar-refractivity contribution is -0.139. The predicted octanol–water partition coefficient (Wildman–Crippen LogP) is 4.39. The number of rotatable bonds is 14. The molecule has 3 aromatic rings. The van der Waals surface area contributed by atoms with Gasteiger partial charge in [-0.05, 0) is 61.6 Å². The van der Waals surface area contributed by atoms with Crippen molar-refractivity contribution < 1.29 is 9.90 Å². The lowest BCUT2D eigenvalue weighted by Gasteiger charge is -2.45. The third kappa shape index (κ3) is 9.20. The van der Waals surface area contributed by atoms with Crippen molar-refractivity contribution in [1.82, 2.24) is 30.1 Å². The third-order valence-corrected chi connectivity index (χ3v) is 7.75. The number of carbonyl (C=O) groups is 1. The second-order valence-corrected chi connectivity index (χ2v) is 10.8. The molecule has 2 N–H and O–H groups in total. The zero-order valence-corrected chi connectivity index (χ0v) is 23.2. The van der Waals surface area contributed by atoms with Crippen LogP contribution in [0.2, 0.25) is 0 Å². The summed E-state index contributed by atoms with van der Waals surface area (Å²) in [7, 11) is 0. The monoisotopic (exact) mass is 530 g/mol. The third-order valence-electron chi connectivity index (χ3n) is 7.75. The number of aliphatic carboxylic acids is 1. The fourth-order valence-electron chi connectivity index (χ4n) is 5.53. The lowest BCUT2D eigenvalue weighted by atomic mass is 9.84. The van der Waals surface area contributed by atoms with Gasteiger partial charge < -0.3 is 10.4 Å². The van der Waals surface area contributed by atoms with Crippen molar-refractivity contribution in [2.45, 2.75) is 77.3 Å². The maximum Gasteiger partial charge on any atom is 0.317 e. The van der Waals surface area contributed by atoms with E-state index in [-0.39, 0.29) is 18.6 Å². The number of hydrogen-bond donors (Lipinski definition) is 2. The average Bonchev–Trinajstić information content (AvgIpc) is 2.96. The van der Waals surface area contributed by atoms with E-state index in [1.54, 1.807) is 6.20 Å². The molecule has 1 aliphatic rings. The highest BCUT2D eigenvalue weighted by molar-refractivity contribution is 5.69. The molecule has 3 aromatic heterocycles. The summed E-state index contributed by atoms with van der Waals surface area (Å²) in [6.07, 6.45) is 9.36. The second-order valence-electron chi connectivity index (χ2n) is 10.8. The van der Waals surface area contributed by atoms with E-state index in [9.17, 15) is 9.90 Å². The van der Waals surface area contributed by atoms with Crippen molar-refractivity contribution in [2.24, 2.45) is 5.92 Å². The maximum atomic E-state index is 12.0. The Morgan fingerprint density at radius 3 is 1.92 bits per heavy atom. The molecule has 8 nitrogen and oxygen atoms in total. The molecule has 39 heavy (non-hydrogen) atoms. The van der Waals surface area contributed by atoms with Gasteiger partial charge in [0.1, 0.15) is 0 Å². The smallest absolute Gasteiger partial charge is 0.317 e. The minimum absolute atomic E-state index is 0.00742. The lowest BCUT2D eigenvalue weighted by Crippen LogP contribution is -2.54. The van der Waals surface area contributed by atoms with Crippen LogP contribution < -0.4 is 5.32 Å². The summed E-state index contributed by atoms with van der Waals surface area (Å²) in [5.74, 6) is -0.256. The first-order valence-corrected chi connectivity index (χ1v) is 14.1. The molecule has 0 radical (unpaired) electrons. The van der Waals surface area contributed by atoms with Crippen LogP contribution in [0.5, 0.6) is 0 Å². The Morgan fingerprint density at radius 1 is 0.872 bits per heavy atom. The Bertz CT molecular complexity index is 1120. The molecule has 208 valence electrons. The van der Waals surface area contributed by atoms with Crippen molar-refractivity contribution >= 4 is 5.97 Å². The molecule has 4 rings (SSSR count). The van der Waals surface area contributed by atoms with Crippen LogP contribution in [0.25, 0.3) is 0 Å².